The number of amides is 4. The molecule has 0 bridgehead atoms. The van der Waals surface area contributed by atoms with E-state index in [9.17, 15) is 45.5 Å². The monoisotopic (exact) mass is 994 g/mol. The third-order valence-electron chi connectivity index (χ3n) is 10.0. The fourth-order valence-electron chi connectivity index (χ4n) is 7.62. The molecule has 9 rings (SSSR count). The SMILES string of the molecule is O=C1c2c(Cl)c(Cl)c3c4c(Cl)c(Cl)c5c6c(c(Cl)c(Cl)c(c7c(Cl)c(Cl)c(c2c37)C(=O)N1c1c(F)c(F)c(F)c(F)c1F)c64)C(=O)N(c1c(F)c(F)c(F)c(F)c1F)C5=O. The topological polar surface area (TPSA) is 74.8 Å². The van der Waals surface area contributed by atoms with Crippen LogP contribution in [0.2, 0.25) is 40.2 Å². The van der Waals surface area contributed by atoms with Gasteiger partial charge in [0.1, 0.15) is 11.4 Å². The molecule has 0 fully saturated rings. The number of hydrogen-bond donors (Lipinski definition) is 0. The molecule has 0 saturated heterocycles. The van der Waals surface area contributed by atoms with Crippen molar-refractivity contribution in [2.75, 3.05) is 9.80 Å². The highest BCUT2D eigenvalue weighted by Gasteiger charge is 2.48. The molecule has 6 nitrogen and oxygen atoms in total. The van der Waals surface area contributed by atoms with Crippen LogP contribution in [0.25, 0.3) is 43.1 Å². The number of carbonyl (C=O) groups excluding carboxylic acids is 4. The molecule has 60 heavy (non-hydrogen) atoms. The third kappa shape index (κ3) is 4.63. The molecule has 2 aliphatic heterocycles. The molecule has 24 heteroatoms. The van der Waals surface area contributed by atoms with Gasteiger partial charge >= 0.3 is 0 Å². The highest BCUT2D eigenvalue weighted by Crippen LogP contribution is 2.60. The molecule has 304 valence electrons. The maximum atomic E-state index is 15.2. The van der Waals surface area contributed by atoms with E-state index in [2.05, 4.69) is 0 Å². The number of benzene rings is 7. The Morgan fingerprint density at radius 3 is 0.633 bits per heavy atom. The van der Waals surface area contributed by atoms with Gasteiger partial charge in [0.05, 0.1) is 62.4 Å². The second-order valence-corrected chi connectivity index (χ2v) is 15.8. The molecular formula is C36Cl8F10N2O4. The Morgan fingerprint density at radius 1 is 0.250 bits per heavy atom. The lowest BCUT2D eigenvalue weighted by Gasteiger charge is -2.33. The first-order valence-electron chi connectivity index (χ1n) is 15.6. The van der Waals surface area contributed by atoms with Gasteiger partial charge in [-0.1, -0.05) is 92.8 Å². The van der Waals surface area contributed by atoms with Crippen LogP contribution in [-0.4, -0.2) is 23.6 Å². The molecule has 0 aliphatic carbocycles. The molecule has 0 radical (unpaired) electrons. The summed E-state index contributed by atoms with van der Waals surface area (Å²) in [4.78, 5) is 55.9. The van der Waals surface area contributed by atoms with E-state index in [1.807, 2.05) is 0 Å². The van der Waals surface area contributed by atoms with Gasteiger partial charge in [-0.3, -0.25) is 19.2 Å². The summed E-state index contributed by atoms with van der Waals surface area (Å²) < 4.78 is 147. The zero-order chi connectivity index (χ0) is 43.9. The van der Waals surface area contributed by atoms with Crippen LogP contribution in [0.4, 0.5) is 55.3 Å². The van der Waals surface area contributed by atoms with E-state index >= 15 is 17.6 Å². The molecule has 0 saturated carbocycles. The van der Waals surface area contributed by atoms with Crippen molar-refractivity contribution in [3.05, 3.63) is 121 Å². The van der Waals surface area contributed by atoms with Gasteiger partial charge in [-0.2, -0.15) is 0 Å². The van der Waals surface area contributed by atoms with Gasteiger partial charge < -0.3 is 0 Å². The number of halogens is 18. The first kappa shape index (κ1) is 41.1. The predicted octanol–water partition coefficient (Wildman–Crippen LogP) is 14.0. The van der Waals surface area contributed by atoms with Gasteiger partial charge in [0.15, 0.2) is 46.5 Å². The molecule has 0 unspecified atom stereocenters. The molecule has 0 spiro atoms. The predicted molar refractivity (Wildman–Crippen MR) is 202 cm³/mol. The van der Waals surface area contributed by atoms with E-state index < -0.39 is 209 Å². The smallest absolute Gasteiger partial charge is 0.267 e. The maximum absolute atomic E-state index is 15.2. The summed E-state index contributed by atoms with van der Waals surface area (Å²) in [5.74, 6) is -33.2. The van der Waals surface area contributed by atoms with Crippen LogP contribution in [0.5, 0.6) is 0 Å². The van der Waals surface area contributed by atoms with Crippen LogP contribution in [0.15, 0.2) is 0 Å². The maximum Gasteiger partial charge on any atom is 0.267 e. The van der Waals surface area contributed by atoms with Crippen LogP contribution in [0.1, 0.15) is 41.4 Å². The quantitative estimate of drug-likeness (QED) is 0.0432. The zero-order valence-electron chi connectivity index (χ0n) is 27.3. The Bertz CT molecular complexity index is 3000. The average molecular weight is 998 g/mol. The number of fused-ring (bicyclic) bond motifs is 2. The summed E-state index contributed by atoms with van der Waals surface area (Å²) in [5, 5.41) is -10.3. The van der Waals surface area contributed by atoms with E-state index in [4.69, 9.17) is 92.8 Å². The molecule has 2 aliphatic rings. The van der Waals surface area contributed by atoms with Crippen LogP contribution in [0.3, 0.4) is 0 Å². The van der Waals surface area contributed by atoms with Crippen molar-refractivity contribution in [2.45, 2.75) is 0 Å². The van der Waals surface area contributed by atoms with E-state index in [0.29, 0.717) is 0 Å². The molecule has 0 N–H and O–H groups in total. The van der Waals surface area contributed by atoms with Crippen molar-refractivity contribution in [2.24, 2.45) is 0 Å². The zero-order valence-corrected chi connectivity index (χ0v) is 33.4. The third-order valence-corrected chi connectivity index (χ3v) is 13.4. The van der Waals surface area contributed by atoms with Crippen molar-refractivity contribution < 1.29 is 63.1 Å². The van der Waals surface area contributed by atoms with Crippen molar-refractivity contribution in [1.82, 2.24) is 0 Å². The Balaban J connectivity index is 1.47. The van der Waals surface area contributed by atoms with Crippen molar-refractivity contribution >= 4 is 171 Å². The fraction of sp³-hybridized carbons (Fsp3) is 0. The average Bonchev–Trinajstić information content (AvgIpc) is 3.21. The number of anilines is 2. The number of carbonyl (C=O) groups is 4. The normalized spacial score (nSPS) is 14.2. The van der Waals surface area contributed by atoms with Gasteiger partial charge in [0.25, 0.3) is 23.6 Å². The molecule has 7 aromatic rings. The molecule has 0 aromatic heterocycles. The minimum atomic E-state index is -2.63. The largest absolute Gasteiger partial charge is 0.268 e. The van der Waals surface area contributed by atoms with Gasteiger partial charge in [0, 0.05) is 43.1 Å². The minimum absolute atomic E-state index is 0.425. The van der Waals surface area contributed by atoms with Gasteiger partial charge in [-0.25, -0.2) is 53.7 Å². The number of hydrogen-bond acceptors (Lipinski definition) is 4. The van der Waals surface area contributed by atoms with Crippen LogP contribution >= 0.6 is 92.8 Å². The Kier molecular flexibility index (Phi) is 8.99. The van der Waals surface area contributed by atoms with Crippen molar-refractivity contribution in [1.29, 1.82) is 0 Å². The Labute approximate surface area is 362 Å². The minimum Gasteiger partial charge on any atom is -0.268 e. The summed E-state index contributed by atoms with van der Waals surface area (Å²) in [6, 6.07) is 0. The highest BCUT2D eigenvalue weighted by atomic mass is 35.5. The number of nitrogens with zero attached hydrogens (tertiary/aromatic N) is 2. The standard InChI is InChI=1S/C36Cl8F10N2O4/c37-13-5-1-3-9(17(13)41)33(57)55(31-27(51)23(47)21(45)24(48)28(31)52)34(58)10(3)18(42)14(38)6(1)8-2-4-11(19(43)15(39)7(2)5)35(59)56(36(60)12(4)20(44)16(8)40)32-29(53)25(49)22(46)26(50)30(32)54. The van der Waals surface area contributed by atoms with Crippen LogP contribution in [0, 0.1) is 58.2 Å². The van der Waals surface area contributed by atoms with E-state index in [-0.39, 0.29) is 0 Å². The lowest BCUT2D eigenvalue weighted by atomic mass is 9.81. The lowest BCUT2D eigenvalue weighted by Crippen LogP contribution is -2.42. The van der Waals surface area contributed by atoms with Crippen LogP contribution in [-0.2, 0) is 0 Å². The summed E-state index contributed by atoms with van der Waals surface area (Å²) in [6.45, 7) is 0. The van der Waals surface area contributed by atoms with Crippen molar-refractivity contribution in [3.63, 3.8) is 0 Å². The first-order valence-corrected chi connectivity index (χ1v) is 18.6. The Morgan fingerprint density at radius 2 is 0.433 bits per heavy atom. The number of rotatable bonds is 2. The summed E-state index contributed by atoms with van der Waals surface area (Å²) >= 11 is 53.8. The van der Waals surface area contributed by atoms with E-state index in [0.717, 1.165) is 0 Å². The van der Waals surface area contributed by atoms with Gasteiger partial charge in [-0.15, -0.1) is 0 Å². The summed E-state index contributed by atoms with van der Waals surface area (Å²) in [7, 11) is 0. The van der Waals surface area contributed by atoms with Crippen molar-refractivity contribution in [3.8, 4) is 0 Å². The summed E-state index contributed by atoms with van der Waals surface area (Å²) in [6.07, 6.45) is 0. The van der Waals surface area contributed by atoms with Crippen LogP contribution < -0.4 is 9.80 Å². The van der Waals surface area contributed by atoms with Gasteiger partial charge in [-0.05, 0) is 0 Å². The second-order valence-electron chi connectivity index (χ2n) is 12.7. The first-order chi connectivity index (χ1) is 28.0. The molecule has 0 atom stereocenters. The Hall–Kier alpha value is -4.26. The molecule has 7 aromatic carbocycles. The fourth-order valence-corrected chi connectivity index (χ4v) is 9.83. The lowest BCUT2D eigenvalue weighted by molar-refractivity contribution is 0.0874. The van der Waals surface area contributed by atoms with Gasteiger partial charge in [0.2, 0.25) is 11.6 Å². The number of imide groups is 2. The molecular weight excluding hydrogens is 998 g/mol. The molecule has 4 amide bonds. The second kappa shape index (κ2) is 13.1. The highest BCUT2D eigenvalue weighted by molar-refractivity contribution is 6.64. The molecule has 2 heterocycles. The summed E-state index contributed by atoms with van der Waals surface area (Å²) in [5.41, 5.74) is -7.80. The van der Waals surface area contributed by atoms with E-state index in [1.165, 1.54) is 0 Å². The van der Waals surface area contributed by atoms with E-state index in [1.54, 1.807) is 0 Å².